The number of carbonyl (C=O) groups is 1. The normalized spacial score (nSPS) is 21.2. The predicted molar refractivity (Wildman–Crippen MR) is 93.8 cm³/mol. The Morgan fingerprint density at radius 3 is 2.84 bits per heavy atom. The second-order valence-corrected chi connectivity index (χ2v) is 6.78. The largest absolute Gasteiger partial charge is 0.322 e. The van der Waals surface area contributed by atoms with E-state index in [-0.39, 0.29) is 6.03 Å². The molecule has 4 rings (SSSR count). The second kappa shape index (κ2) is 6.17. The van der Waals surface area contributed by atoms with E-state index in [1.807, 2.05) is 30.0 Å². The third kappa shape index (κ3) is 2.82. The fourth-order valence-electron chi connectivity index (χ4n) is 3.86. The van der Waals surface area contributed by atoms with Crippen LogP contribution in [0.4, 0.5) is 10.5 Å². The summed E-state index contributed by atoms with van der Waals surface area (Å²) in [6.07, 6.45) is 6.02. The molecule has 2 aromatic rings. The number of hydrogen-bond donors (Lipinski definition) is 1. The summed E-state index contributed by atoms with van der Waals surface area (Å²) in [5.74, 6) is 0. The summed E-state index contributed by atoms with van der Waals surface area (Å²) in [5.41, 5.74) is 3.72. The van der Waals surface area contributed by atoms with Crippen LogP contribution in [0.3, 0.4) is 0 Å². The van der Waals surface area contributed by atoms with Gasteiger partial charge in [0.15, 0.2) is 0 Å². The number of amides is 2. The van der Waals surface area contributed by atoms with Gasteiger partial charge in [-0.05, 0) is 56.4 Å². The first-order valence-corrected chi connectivity index (χ1v) is 8.59. The molecule has 2 aliphatic heterocycles. The third-order valence-electron chi connectivity index (χ3n) is 5.19. The van der Waals surface area contributed by atoms with Crippen molar-refractivity contribution < 1.29 is 4.79 Å². The zero-order chi connectivity index (χ0) is 17.4. The highest BCUT2D eigenvalue weighted by Crippen LogP contribution is 2.38. The summed E-state index contributed by atoms with van der Waals surface area (Å²) in [6, 6.07) is 10.3. The lowest BCUT2D eigenvalue weighted by molar-refractivity contribution is 0.0173. The van der Waals surface area contributed by atoms with Gasteiger partial charge in [-0.15, -0.1) is 0 Å². The minimum Gasteiger partial charge on any atom is -0.318 e. The van der Waals surface area contributed by atoms with Gasteiger partial charge in [-0.1, -0.05) is 6.07 Å². The minimum absolute atomic E-state index is 0.0207. The minimum atomic E-state index is -0.0207. The number of urea groups is 1. The van der Waals surface area contributed by atoms with Crippen LogP contribution in [0.15, 0.2) is 30.5 Å². The number of benzene rings is 1. The summed E-state index contributed by atoms with van der Waals surface area (Å²) in [7, 11) is 0. The molecule has 6 nitrogen and oxygen atoms in total. The maximum Gasteiger partial charge on any atom is 0.322 e. The molecule has 0 spiro atoms. The summed E-state index contributed by atoms with van der Waals surface area (Å²) in [6.45, 7) is 1.97. The number of aromatic nitrogens is 2. The van der Waals surface area contributed by atoms with Crippen molar-refractivity contribution in [3.05, 3.63) is 41.6 Å². The van der Waals surface area contributed by atoms with E-state index in [1.54, 1.807) is 6.07 Å². The van der Waals surface area contributed by atoms with Crippen LogP contribution in [-0.2, 0) is 0 Å². The summed E-state index contributed by atoms with van der Waals surface area (Å²) in [5, 5.41) is 20.1. The molecule has 2 unspecified atom stereocenters. The molecule has 6 heteroatoms. The van der Waals surface area contributed by atoms with Crippen LogP contribution in [-0.4, -0.2) is 33.2 Å². The van der Waals surface area contributed by atoms with Crippen LogP contribution >= 0.6 is 0 Å². The Balaban J connectivity index is 1.57. The Bertz CT molecular complexity index is 858. The van der Waals surface area contributed by atoms with E-state index in [1.165, 1.54) is 12.6 Å². The van der Waals surface area contributed by atoms with E-state index in [4.69, 9.17) is 5.26 Å². The van der Waals surface area contributed by atoms with Crippen LogP contribution in [0, 0.1) is 18.3 Å². The van der Waals surface area contributed by atoms with E-state index in [9.17, 15) is 4.79 Å². The van der Waals surface area contributed by atoms with Gasteiger partial charge < -0.3 is 10.2 Å². The Morgan fingerprint density at radius 2 is 2.12 bits per heavy atom. The molecule has 2 amide bonds. The molecule has 1 aromatic carbocycles. The molecular formula is C19H19N5O. The lowest BCUT2D eigenvalue weighted by Gasteiger charge is -2.52. The van der Waals surface area contributed by atoms with Crippen molar-refractivity contribution in [2.75, 3.05) is 5.32 Å². The molecule has 2 bridgehead atoms. The summed E-state index contributed by atoms with van der Waals surface area (Å²) >= 11 is 0. The smallest absolute Gasteiger partial charge is 0.318 e. The van der Waals surface area contributed by atoms with Gasteiger partial charge in [-0.25, -0.2) is 4.79 Å². The van der Waals surface area contributed by atoms with Crippen LogP contribution in [0.25, 0.3) is 11.3 Å². The zero-order valence-electron chi connectivity index (χ0n) is 14.1. The summed E-state index contributed by atoms with van der Waals surface area (Å²) in [4.78, 5) is 14.6. The quantitative estimate of drug-likeness (QED) is 0.912. The van der Waals surface area contributed by atoms with Crippen molar-refractivity contribution in [1.82, 2.24) is 15.1 Å². The Hall–Kier alpha value is -2.94. The van der Waals surface area contributed by atoms with Crippen molar-refractivity contribution >= 4 is 11.7 Å². The van der Waals surface area contributed by atoms with Gasteiger partial charge in [0, 0.05) is 23.3 Å². The van der Waals surface area contributed by atoms with E-state index < -0.39 is 0 Å². The lowest BCUT2D eigenvalue weighted by Crippen LogP contribution is -2.62. The van der Waals surface area contributed by atoms with Crippen LogP contribution in [0.5, 0.6) is 0 Å². The van der Waals surface area contributed by atoms with Crippen molar-refractivity contribution in [3.63, 3.8) is 0 Å². The van der Waals surface area contributed by atoms with Crippen molar-refractivity contribution in [3.8, 4) is 17.3 Å². The third-order valence-corrected chi connectivity index (χ3v) is 5.19. The zero-order valence-corrected chi connectivity index (χ0v) is 14.1. The van der Waals surface area contributed by atoms with E-state index in [2.05, 4.69) is 21.6 Å². The number of nitrogens with zero attached hydrogens (tertiary/aromatic N) is 4. The summed E-state index contributed by atoms with van der Waals surface area (Å²) < 4.78 is 0. The van der Waals surface area contributed by atoms with Gasteiger partial charge in [0.25, 0.3) is 0 Å². The molecule has 0 saturated carbocycles. The standard InChI is InChI=1S/C19H19N5O/c1-12-5-6-14(8-17(12)18-7-13(10-20)11-21-23-18)22-19(25)24-15-3-2-4-16(24)9-15/h5-8,11,15-16H,2-4,9H2,1H3,(H,22,25). The van der Waals surface area contributed by atoms with Gasteiger partial charge in [0.2, 0.25) is 0 Å². The van der Waals surface area contributed by atoms with E-state index >= 15 is 0 Å². The van der Waals surface area contributed by atoms with Crippen LogP contribution < -0.4 is 5.32 Å². The van der Waals surface area contributed by atoms with Gasteiger partial charge in [-0.2, -0.15) is 15.5 Å². The average Bonchev–Trinajstić information content (AvgIpc) is 2.64. The number of nitrogens with one attached hydrogen (secondary N) is 1. The molecule has 2 saturated heterocycles. The van der Waals surface area contributed by atoms with Gasteiger partial charge in [0.05, 0.1) is 17.5 Å². The first kappa shape index (κ1) is 15.6. The monoisotopic (exact) mass is 333 g/mol. The number of rotatable bonds is 2. The Labute approximate surface area is 146 Å². The van der Waals surface area contributed by atoms with Crippen molar-refractivity contribution in [2.24, 2.45) is 0 Å². The predicted octanol–water partition coefficient (Wildman–Crippen LogP) is 3.48. The number of nitriles is 1. The average molecular weight is 333 g/mol. The van der Waals surface area contributed by atoms with E-state index in [0.717, 1.165) is 36.1 Å². The molecule has 0 aliphatic carbocycles. The number of hydrogen-bond acceptors (Lipinski definition) is 4. The topological polar surface area (TPSA) is 81.9 Å². The number of carbonyl (C=O) groups excluding carboxylic acids is 1. The van der Waals surface area contributed by atoms with Gasteiger partial charge >= 0.3 is 6.03 Å². The molecule has 1 N–H and O–H groups in total. The SMILES string of the molecule is Cc1ccc(NC(=O)N2C3CCCC2C3)cc1-c1cc(C#N)cnn1. The molecule has 3 heterocycles. The number of piperidine rings is 1. The highest BCUT2D eigenvalue weighted by Gasteiger charge is 2.44. The van der Waals surface area contributed by atoms with Crippen LogP contribution in [0.2, 0.25) is 0 Å². The van der Waals surface area contributed by atoms with Gasteiger partial charge in [-0.3, -0.25) is 0 Å². The molecule has 2 aliphatic rings. The lowest BCUT2D eigenvalue weighted by atomic mass is 9.80. The maximum atomic E-state index is 12.6. The van der Waals surface area contributed by atoms with Crippen molar-refractivity contribution in [2.45, 2.75) is 44.7 Å². The van der Waals surface area contributed by atoms with Crippen LogP contribution in [0.1, 0.15) is 36.8 Å². The molecule has 126 valence electrons. The first-order chi connectivity index (χ1) is 12.2. The highest BCUT2D eigenvalue weighted by atomic mass is 16.2. The maximum absolute atomic E-state index is 12.6. The molecule has 0 radical (unpaired) electrons. The fraction of sp³-hybridized carbons (Fsp3) is 0.368. The van der Waals surface area contributed by atoms with Gasteiger partial charge in [0.1, 0.15) is 6.07 Å². The molecular weight excluding hydrogens is 314 g/mol. The number of anilines is 1. The Morgan fingerprint density at radius 1 is 1.32 bits per heavy atom. The second-order valence-electron chi connectivity index (χ2n) is 6.78. The Kier molecular flexibility index (Phi) is 3.85. The van der Waals surface area contributed by atoms with Crippen molar-refractivity contribution in [1.29, 1.82) is 5.26 Å². The highest BCUT2D eigenvalue weighted by molar-refractivity contribution is 5.91. The number of aryl methyl sites for hydroxylation is 1. The molecule has 2 atom stereocenters. The number of fused-ring (bicyclic) bond motifs is 2. The van der Waals surface area contributed by atoms with E-state index in [0.29, 0.717) is 23.3 Å². The first-order valence-electron chi connectivity index (χ1n) is 8.59. The molecule has 1 aromatic heterocycles. The molecule has 25 heavy (non-hydrogen) atoms. The fourth-order valence-corrected chi connectivity index (χ4v) is 3.86. The molecule has 2 fully saturated rings.